The van der Waals surface area contributed by atoms with Crippen LogP contribution in [0.5, 0.6) is 0 Å². The molecule has 0 aliphatic heterocycles. The molecule has 1 aromatic carbocycles. The molecule has 0 bridgehead atoms. The van der Waals surface area contributed by atoms with Gasteiger partial charge >= 0.3 is 11.9 Å². The molecule has 1 rings (SSSR count). The average Bonchev–Trinajstić information content (AvgIpc) is 2.27. The van der Waals surface area contributed by atoms with Gasteiger partial charge in [-0.15, -0.1) is 0 Å². The number of halogens is 1. The second-order valence-corrected chi connectivity index (χ2v) is 3.86. The quantitative estimate of drug-likeness (QED) is 0.788. The first-order valence-electron chi connectivity index (χ1n) is 4.81. The molecular formula is C11H12ClNO4. The van der Waals surface area contributed by atoms with Gasteiger partial charge in [0.2, 0.25) is 0 Å². The highest BCUT2D eigenvalue weighted by Crippen LogP contribution is 2.18. The van der Waals surface area contributed by atoms with Gasteiger partial charge in [-0.3, -0.25) is 4.79 Å². The summed E-state index contributed by atoms with van der Waals surface area (Å²) in [7, 11) is 1.25. The monoisotopic (exact) mass is 257 g/mol. The van der Waals surface area contributed by atoms with Crippen molar-refractivity contribution in [3.8, 4) is 0 Å². The molecule has 0 saturated heterocycles. The Morgan fingerprint density at radius 1 is 1.53 bits per heavy atom. The number of methoxy groups -OCH3 is 1. The molecule has 0 unspecified atom stereocenters. The maximum Gasteiger partial charge on any atom is 0.337 e. The predicted octanol–water partition coefficient (Wildman–Crippen LogP) is 1.08. The van der Waals surface area contributed by atoms with E-state index >= 15 is 0 Å². The highest BCUT2D eigenvalue weighted by molar-refractivity contribution is 6.33. The van der Waals surface area contributed by atoms with Crippen LogP contribution in [0.25, 0.3) is 0 Å². The van der Waals surface area contributed by atoms with Crippen LogP contribution in [0.1, 0.15) is 15.9 Å². The number of aromatic carboxylic acids is 1. The van der Waals surface area contributed by atoms with Gasteiger partial charge in [0.15, 0.2) is 0 Å². The Balaban J connectivity index is 2.84. The maximum atomic E-state index is 11.1. The summed E-state index contributed by atoms with van der Waals surface area (Å²) >= 11 is 5.78. The fraction of sp³-hybridized carbons (Fsp3) is 0.273. The summed E-state index contributed by atoms with van der Waals surface area (Å²) in [6, 6.07) is 3.64. The van der Waals surface area contributed by atoms with E-state index in [0.29, 0.717) is 5.56 Å². The summed E-state index contributed by atoms with van der Waals surface area (Å²) in [6.07, 6.45) is 0.242. The van der Waals surface area contributed by atoms with E-state index < -0.39 is 18.0 Å². The van der Waals surface area contributed by atoms with Crippen molar-refractivity contribution in [2.75, 3.05) is 7.11 Å². The van der Waals surface area contributed by atoms with Crippen LogP contribution in [-0.2, 0) is 16.0 Å². The van der Waals surface area contributed by atoms with E-state index in [0.717, 1.165) is 0 Å². The number of carboxylic acids is 1. The molecule has 0 fully saturated rings. The molecule has 17 heavy (non-hydrogen) atoms. The first kappa shape index (κ1) is 13.5. The topological polar surface area (TPSA) is 89.6 Å². The summed E-state index contributed by atoms with van der Waals surface area (Å²) in [5.41, 5.74) is 6.27. The highest BCUT2D eigenvalue weighted by atomic mass is 35.5. The van der Waals surface area contributed by atoms with Gasteiger partial charge in [-0.1, -0.05) is 17.7 Å². The van der Waals surface area contributed by atoms with Crippen molar-refractivity contribution in [1.82, 2.24) is 0 Å². The number of nitrogens with two attached hydrogens (primary N) is 1. The predicted molar refractivity (Wildman–Crippen MR) is 62.1 cm³/mol. The third-order valence-electron chi connectivity index (χ3n) is 2.22. The Morgan fingerprint density at radius 2 is 2.18 bits per heavy atom. The molecule has 1 atom stereocenters. The van der Waals surface area contributed by atoms with Crippen molar-refractivity contribution in [3.63, 3.8) is 0 Å². The zero-order chi connectivity index (χ0) is 13.0. The zero-order valence-electron chi connectivity index (χ0n) is 9.14. The average molecular weight is 258 g/mol. The Morgan fingerprint density at radius 3 is 2.65 bits per heavy atom. The highest BCUT2D eigenvalue weighted by Gasteiger charge is 2.16. The fourth-order valence-corrected chi connectivity index (χ4v) is 1.63. The van der Waals surface area contributed by atoms with Gasteiger partial charge in [-0.2, -0.15) is 0 Å². The molecular weight excluding hydrogens is 246 g/mol. The minimum atomic E-state index is -1.10. The van der Waals surface area contributed by atoms with E-state index in [1.54, 1.807) is 6.07 Å². The number of ether oxygens (including phenoxy) is 1. The van der Waals surface area contributed by atoms with Crippen molar-refractivity contribution in [1.29, 1.82) is 0 Å². The number of benzene rings is 1. The number of carbonyl (C=O) groups excluding carboxylic acids is 1. The van der Waals surface area contributed by atoms with Crippen LogP contribution in [0.3, 0.4) is 0 Å². The number of rotatable bonds is 4. The van der Waals surface area contributed by atoms with E-state index in [9.17, 15) is 9.59 Å². The summed E-state index contributed by atoms with van der Waals surface area (Å²) < 4.78 is 4.49. The molecule has 6 heteroatoms. The molecule has 0 aliphatic rings. The van der Waals surface area contributed by atoms with Crippen LogP contribution in [0, 0.1) is 0 Å². The van der Waals surface area contributed by atoms with Gasteiger partial charge < -0.3 is 15.6 Å². The molecule has 5 nitrogen and oxygen atoms in total. The Hall–Kier alpha value is -1.59. The SMILES string of the molecule is COC(=O)[C@H](N)Cc1ccc(C(=O)O)c(Cl)c1. The second kappa shape index (κ2) is 5.65. The van der Waals surface area contributed by atoms with Crippen molar-refractivity contribution < 1.29 is 19.4 Å². The van der Waals surface area contributed by atoms with Crippen molar-refractivity contribution in [2.45, 2.75) is 12.5 Å². The van der Waals surface area contributed by atoms with E-state index in [1.807, 2.05) is 0 Å². The molecule has 0 heterocycles. The molecule has 92 valence electrons. The van der Waals surface area contributed by atoms with Crippen molar-refractivity contribution >= 4 is 23.5 Å². The maximum absolute atomic E-state index is 11.1. The lowest BCUT2D eigenvalue weighted by molar-refractivity contribution is -0.142. The molecule has 0 saturated carbocycles. The number of carboxylic acid groups (broad SMARTS) is 1. The standard InChI is InChI=1S/C11H12ClNO4/c1-17-11(16)9(13)5-6-2-3-7(10(14)15)8(12)4-6/h2-4,9H,5,13H2,1H3,(H,14,15)/t9-/m1/s1. The number of hydrogen-bond acceptors (Lipinski definition) is 4. The van der Waals surface area contributed by atoms with E-state index in [2.05, 4.69) is 4.74 Å². The normalized spacial score (nSPS) is 11.9. The molecule has 0 amide bonds. The van der Waals surface area contributed by atoms with Crippen LogP contribution in [0.2, 0.25) is 5.02 Å². The van der Waals surface area contributed by atoms with Crippen molar-refractivity contribution in [2.24, 2.45) is 5.73 Å². The summed E-state index contributed by atoms with van der Waals surface area (Å²) in [4.78, 5) is 21.8. The van der Waals surface area contributed by atoms with E-state index in [-0.39, 0.29) is 17.0 Å². The Labute approximate surface area is 103 Å². The third-order valence-corrected chi connectivity index (χ3v) is 2.54. The fourth-order valence-electron chi connectivity index (χ4n) is 1.35. The Kier molecular flexibility index (Phi) is 4.48. The van der Waals surface area contributed by atoms with Gasteiger partial charge in [0.05, 0.1) is 17.7 Å². The van der Waals surface area contributed by atoms with Gasteiger partial charge in [0.25, 0.3) is 0 Å². The van der Waals surface area contributed by atoms with Gasteiger partial charge in [0.1, 0.15) is 6.04 Å². The van der Waals surface area contributed by atoms with Crippen LogP contribution < -0.4 is 5.73 Å². The van der Waals surface area contributed by atoms with Crippen LogP contribution in [-0.4, -0.2) is 30.2 Å². The first-order chi connectivity index (χ1) is 7.95. The minimum absolute atomic E-state index is 0.0158. The van der Waals surface area contributed by atoms with E-state index in [1.165, 1.54) is 19.2 Å². The lowest BCUT2D eigenvalue weighted by atomic mass is 10.0. The number of hydrogen-bond donors (Lipinski definition) is 2. The lowest BCUT2D eigenvalue weighted by Crippen LogP contribution is -2.33. The molecule has 1 aromatic rings. The first-order valence-corrected chi connectivity index (χ1v) is 5.18. The van der Waals surface area contributed by atoms with Gasteiger partial charge in [-0.05, 0) is 24.1 Å². The molecule has 3 N–H and O–H groups in total. The zero-order valence-corrected chi connectivity index (χ0v) is 9.90. The largest absolute Gasteiger partial charge is 0.478 e. The smallest absolute Gasteiger partial charge is 0.337 e. The lowest BCUT2D eigenvalue weighted by Gasteiger charge is -2.09. The summed E-state index contributed by atoms with van der Waals surface area (Å²) in [6.45, 7) is 0. The van der Waals surface area contributed by atoms with Crippen LogP contribution in [0.4, 0.5) is 0 Å². The number of carbonyl (C=O) groups is 2. The molecule has 0 spiro atoms. The summed E-state index contributed by atoms with van der Waals surface area (Å²) in [5, 5.41) is 8.90. The van der Waals surface area contributed by atoms with Gasteiger partial charge in [-0.25, -0.2) is 4.79 Å². The van der Waals surface area contributed by atoms with E-state index in [4.69, 9.17) is 22.4 Å². The molecule has 0 aromatic heterocycles. The molecule has 0 aliphatic carbocycles. The molecule has 0 radical (unpaired) electrons. The van der Waals surface area contributed by atoms with Crippen LogP contribution in [0.15, 0.2) is 18.2 Å². The minimum Gasteiger partial charge on any atom is -0.478 e. The Bertz CT molecular complexity index is 447. The van der Waals surface area contributed by atoms with Gasteiger partial charge in [0, 0.05) is 0 Å². The second-order valence-electron chi connectivity index (χ2n) is 3.45. The number of esters is 1. The van der Waals surface area contributed by atoms with Crippen molar-refractivity contribution in [3.05, 3.63) is 34.3 Å². The summed E-state index contributed by atoms with van der Waals surface area (Å²) in [5.74, 6) is -1.62. The third kappa shape index (κ3) is 3.44. The van der Waals surface area contributed by atoms with Crippen LogP contribution >= 0.6 is 11.6 Å².